The van der Waals surface area contributed by atoms with Crippen molar-refractivity contribution in [3.05, 3.63) is 22.4 Å². The van der Waals surface area contributed by atoms with E-state index in [0.717, 1.165) is 25.1 Å². The highest BCUT2D eigenvalue weighted by Gasteiger charge is 2.26. The van der Waals surface area contributed by atoms with Gasteiger partial charge in [-0.1, -0.05) is 26.2 Å². The lowest BCUT2D eigenvalue weighted by molar-refractivity contribution is 0.119. The first-order chi connectivity index (χ1) is 12.8. The standard InChI is InChI=1S/C21H36N4S.HI/c1-3-22-21(23-15-17(2)18-11-14-26-16-18)24-19-9-12-25(13-10-19)20-7-5-4-6-8-20;/h11,14,16-17,19-20H,3-10,12-13,15H2,1-2H3,(H2,22,23,24);1H. The van der Waals surface area contributed by atoms with Gasteiger partial charge >= 0.3 is 0 Å². The van der Waals surface area contributed by atoms with Crippen molar-refractivity contribution in [2.24, 2.45) is 4.99 Å². The van der Waals surface area contributed by atoms with Crippen molar-refractivity contribution in [2.75, 3.05) is 26.2 Å². The average Bonchev–Trinajstić information content (AvgIpc) is 3.22. The first-order valence-corrected chi connectivity index (χ1v) is 11.5. The predicted octanol–water partition coefficient (Wildman–Crippen LogP) is 4.82. The number of aliphatic imine (C=N–C) groups is 1. The monoisotopic (exact) mass is 504 g/mol. The topological polar surface area (TPSA) is 39.7 Å². The second kappa shape index (κ2) is 12.3. The Balaban J connectivity index is 0.00000261. The van der Waals surface area contributed by atoms with Crippen LogP contribution in [0.5, 0.6) is 0 Å². The summed E-state index contributed by atoms with van der Waals surface area (Å²) < 4.78 is 0. The Morgan fingerprint density at radius 2 is 1.96 bits per heavy atom. The average molecular weight is 505 g/mol. The van der Waals surface area contributed by atoms with Gasteiger partial charge in [-0.15, -0.1) is 24.0 Å². The van der Waals surface area contributed by atoms with Crippen molar-refractivity contribution < 1.29 is 0 Å². The molecule has 2 aliphatic rings. The molecule has 1 aromatic rings. The van der Waals surface area contributed by atoms with E-state index in [9.17, 15) is 0 Å². The molecule has 0 radical (unpaired) electrons. The summed E-state index contributed by atoms with van der Waals surface area (Å²) in [5.74, 6) is 1.47. The maximum atomic E-state index is 4.86. The summed E-state index contributed by atoms with van der Waals surface area (Å²) in [6.07, 6.45) is 9.62. The van der Waals surface area contributed by atoms with Crippen molar-refractivity contribution in [2.45, 2.75) is 76.8 Å². The van der Waals surface area contributed by atoms with Crippen LogP contribution in [0.4, 0.5) is 0 Å². The lowest BCUT2D eigenvalue weighted by Crippen LogP contribution is -2.51. The van der Waals surface area contributed by atoms with Crippen molar-refractivity contribution >= 4 is 41.3 Å². The van der Waals surface area contributed by atoms with Crippen LogP contribution in [-0.2, 0) is 0 Å². The number of hydrogen-bond acceptors (Lipinski definition) is 3. The van der Waals surface area contributed by atoms with Gasteiger partial charge in [0.2, 0.25) is 0 Å². The minimum Gasteiger partial charge on any atom is -0.357 e. The van der Waals surface area contributed by atoms with Crippen molar-refractivity contribution in [1.82, 2.24) is 15.5 Å². The number of hydrogen-bond donors (Lipinski definition) is 2. The molecule has 1 unspecified atom stereocenters. The number of guanidine groups is 1. The molecule has 0 bridgehead atoms. The zero-order valence-corrected chi connectivity index (χ0v) is 20.1. The molecule has 3 rings (SSSR count). The van der Waals surface area contributed by atoms with Crippen LogP contribution in [0.15, 0.2) is 21.8 Å². The van der Waals surface area contributed by atoms with Gasteiger partial charge in [-0.05, 0) is 55.0 Å². The molecule has 1 aliphatic carbocycles. The Labute approximate surface area is 186 Å². The zero-order chi connectivity index (χ0) is 18.2. The zero-order valence-electron chi connectivity index (χ0n) is 17.0. The molecule has 1 saturated carbocycles. The molecular weight excluding hydrogens is 467 g/mol. The largest absolute Gasteiger partial charge is 0.357 e. The van der Waals surface area contributed by atoms with Crippen molar-refractivity contribution in [3.8, 4) is 0 Å². The molecule has 27 heavy (non-hydrogen) atoms. The lowest BCUT2D eigenvalue weighted by atomic mass is 9.92. The number of nitrogens with zero attached hydrogens (tertiary/aromatic N) is 2. The molecule has 1 aliphatic heterocycles. The van der Waals surface area contributed by atoms with Crippen molar-refractivity contribution in [3.63, 3.8) is 0 Å². The second-order valence-electron chi connectivity index (χ2n) is 7.92. The van der Waals surface area contributed by atoms with Crippen LogP contribution < -0.4 is 10.6 Å². The van der Waals surface area contributed by atoms with Gasteiger partial charge < -0.3 is 15.5 Å². The number of piperidine rings is 1. The molecule has 0 amide bonds. The number of halogens is 1. The molecule has 6 heteroatoms. The van der Waals surface area contributed by atoms with Crippen LogP contribution in [0.2, 0.25) is 0 Å². The van der Waals surface area contributed by atoms with Crippen LogP contribution in [-0.4, -0.2) is 49.1 Å². The molecule has 154 valence electrons. The van der Waals surface area contributed by atoms with Gasteiger partial charge in [0.25, 0.3) is 0 Å². The Kier molecular flexibility index (Phi) is 10.4. The van der Waals surface area contributed by atoms with E-state index < -0.39 is 0 Å². The number of likely N-dealkylation sites (tertiary alicyclic amines) is 1. The molecule has 2 fully saturated rings. The van der Waals surface area contributed by atoms with Gasteiger partial charge in [-0.2, -0.15) is 11.3 Å². The van der Waals surface area contributed by atoms with Gasteiger partial charge in [-0.25, -0.2) is 0 Å². The molecule has 1 aromatic heterocycles. The van der Waals surface area contributed by atoms with Crippen LogP contribution in [0.1, 0.15) is 70.3 Å². The van der Waals surface area contributed by atoms with E-state index in [2.05, 4.69) is 46.2 Å². The fourth-order valence-corrected chi connectivity index (χ4v) is 5.04. The minimum atomic E-state index is 0. The summed E-state index contributed by atoms with van der Waals surface area (Å²) in [6, 6.07) is 3.63. The number of nitrogens with one attached hydrogen (secondary N) is 2. The SMILES string of the molecule is CCNC(=NCC(C)c1ccsc1)NC1CCN(C2CCCCC2)CC1.I. The normalized spacial score (nSPS) is 21.5. The maximum absolute atomic E-state index is 4.86. The van der Waals surface area contributed by atoms with Gasteiger partial charge in [0.1, 0.15) is 0 Å². The maximum Gasteiger partial charge on any atom is 0.191 e. The van der Waals surface area contributed by atoms with Crippen LogP contribution in [0.25, 0.3) is 0 Å². The first kappa shape index (κ1) is 22.9. The summed E-state index contributed by atoms with van der Waals surface area (Å²) in [6.45, 7) is 8.65. The quantitative estimate of drug-likeness (QED) is 0.332. The molecule has 4 nitrogen and oxygen atoms in total. The van der Waals surface area contributed by atoms with Crippen molar-refractivity contribution in [1.29, 1.82) is 0 Å². The van der Waals surface area contributed by atoms with E-state index in [1.807, 2.05) is 0 Å². The molecule has 0 aromatic carbocycles. The van der Waals surface area contributed by atoms with E-state index >= 15 is 0 Å². The van der Waals surface area contributed by atoms with E-state index in [-0.39, 0.29) is 24.0 Å². The van der Waals surface area contributed by atoms with Gasteiger partial charge in [0, 0.05) is 44.2 Å². The van der Waals surface area contributed by atoms with Gasteiger partial charge in [0.05, 0.1) is 0 Å². The smallest absolute Gasteiger partial charge is 0.191 e. The predicted molar refractivity (Wildman–Crippen MR) is 129 cm³/mol. The summed E-state index contributed by atoms with van der Waals surface area (Å²) in [5, 5.41) is 11.5. The Hall–Kier alpha value is -0.340. The first-order valence-electron chi connectivity index (χ1n) is 10.6. The highest BCUT2D eigenvalue weighted by molar-refractivity contribution is 14.0. The molecular formula is C21H37IN4S. The Bertz CT molecular complexity index is 534. The summed E-state index contributed by atoms with van der Waals surface area (Å²) in [7, 11) is 0. The van der Waals surface area contributed by atoms with Gasteiger partial charge in [-0.3, -0.25) is 4.99 Å². The highest BCUT2D eigenvalue weighted by Crippen LogP contribution is 2.25. The molecule has 2 heterocycles. The van der Waals surface area contributed by atoms with E-state index in [0.29, 0.717) is 12.0 Å². The lowest BCUT2D eigenvalue weighted by Gasteiger charge is -2.39. The Morgan fingerprint density at radius 1 is 1.22 bits per heavy atom. The van der Waals surface area contributed by atoms with Gasteiger partial charge in [0.15, 0.2) is 5.96 Å². The van der Waals surface area contributed by atoms with E-state index in [1.54, 1.807) is 11.3 Å². The van der Waals surface area contributed by atoms with Crippen LogP contribution >= 0.6 is 35.3 Å². The fraction of sp³-hybridized carbons (Fsp3) is 0.762. The van der Waals surface area contributed by atoms with Crippen LogP contribution in [0.3, 0.4) is 0 Å². The van der Waals surface area contributed by atoms with E-state index in [4.69, 9.17) is 4.99 Å². The summed E-state index contributed by atoms with van der Waals surface area (Å²) in [4.78, 5) is 7.61. The summed E-state index contributed by atoms with van der Waals surface area (Å²) >= 11 is 1.77. The van der Waals surface area contributed by atoms with E-state index in [1.165, 1.54) is 63.6 Å². The highest BCUT2D eigenvalue weighted by atomic mass is 127. The molecule has 0 spiro atoms. The number of thiophene rings is 1. The molecule has 1 saturated heterocycles. The number of rotatable bonds is 6. The molecule has 1 atom stereocenters. The minimum absolute atomic E-state index is 0. The summed E-state index contributed by atoms with van der Waals surface area (Å²) in [5.41, 5.74) is 1.40. The Morgan fingerprint density at radius 3 is 2.59 bits per heavy atom. The molecule has 2 N–H and O–H groups in total. The van der Waals surface area contributed by atoms with Crippen LogP contribution in [0, 0.1) is 0 Å². The third kappa shape index (κ3) is 7.20. The third-order valence-corrected chi connectivity index (χ3v) is 6.64. The third-order valence-electron chi connectivity index (χ3n) is 5.94. The fourth-order valence-electron chi connectivity index (χ4n) is 4.26. The second-order valence-corrected chi connectivity index (χ2v) is 8.70.